The Bertz CT molecular complexity index is 1060. The predicted octanol–water partition coefficient (Wildman–Crippen LogP) is -6.01. The van der Waals surface area contributed by atoms with Crippen LogP contribution in [0.25, 0.3) is 0 Å². The second kappa shape index (κ2) is 15.1. The van der Waals surface area contributed by atoms with E-state index in [9.17, 15) is 34.8 Å². The molecule has 2 heterocycles. The van der Waals surface area contributed by atoms with Crippen molar-refractivity contribution < 1.29 is 44.3 Å². The molecular weight excluding hydrogens is 558 g/mol. The van der Waals surface area contributed by atoms with E-state index < -0.39 is 66.9 Å². The summed E-state index contributed by atoms with van der Waals surface area (Å²) in [7, 11) is 0. The van der Waals surface area contributed by atoms with Gasteiger partial charge < -0.3 is 63.1 Å². The van der Waals surface area contributed by atoms with Crippen molar-refractivity contribution in [2.75, 3.05) is 19.6 Å². The second-order valence-corrected chi connectivity index (χ2v) is 10.8. The van der Waals surface area contributed by atoms with Crippen LogP contribution in [0.4, 0.5) is 0 Å². The summed E-state index contributed by atoms with van der Waals surface area (Å²) in [4.78, 5) is 36.5. The highest BCUT2D eigenvalue weighted by Crippen LogP contribution is 2.27. The maximum atomic E-state index is 12.5. The molecule has 3 amide bonds. The number of nitrogens with one attached hydrogen (secondary N) is 1. The molecule has 2 fully saturated rings. The second-order valence-electron chi connectivity index (χ2n) is 10.8. The topological polar surface area (TPSA) is 301 Å². The fraction of sp³-hybridized carbons (Fsp3) is 0.792. The number of hydrogen-bond donors (Lipinski definition) is 9. The fourth-order valence-electron chi connectivity index (χ4n) is 4.94. The molecule has 238 valence electrons. The van der Waals surface area contributed by atoms with Crippen LogP contribution in [-0.4, -0.2) is 139 Å². The average Bonchev–Trinajstić information content (AvgIpc) is 3.39. The van der Waals surface area contributed by atoms with Gasteiger partial charge in [-0.05, 0) is 12.8 Å². The molecule has 1 aliphatic heterocycles. The Kier molecular flexibility index (Phi) is 12.1. The lowest BCUT2D eigenvalue weighted by Crippen LogP contribution is -2.67. The number of rotatable bonds is 13. The fourth-order valence-corrected chi connectivity index (χ4v) is 4.94. The largest absolute Gasteiger partial charge is 0.389 e. The van der Waals surface area contributed by atoms with Crippen LogP contribution in [0.2, 0.25) is 0 Å². The molecule has 3 rings (SSSR count). The van der Waals surface area contributed by atoms with E-state index in [0.717, 1.165) is 0 Å². The number of aromatic nitrogens is 3. The molecule has 1 aromatic rings. The van der Waals surface area contributed by atoms with Gasteiger partial charge in [0.25, 0.3) is 0 Å². The van der Waals surface area contributed by atoms with E-state index in [4.69, 9.17) is 32.4 Å². The average molecular weight is 602 g/mol. The van der Waals surface area contributed by atoms with Crippen molar-refractivity contribution in [2.24, 2.45) is 22.9 Å². The first-order chi connectivity index (χ1) is 19.8. The number of nitrogens with two attached hydrogens (primary N) is 4. The number of hydrogen-bond acceptors (Lipinski definition) is 14. The summed E-state index contributed by atoms with van der Waals surface area (Å²) >= 11 is 0. The molecule has 1 aromatic heterocycles. The van der Waals surface area contributed by atoms with E-state index in [2.05, 4.69) is 15.6 Å². The van der Waals surface area contributed by atoms with Gasteiger partial charge in [0, 0.05) is 57.7 Å². The van der Waals surface area contributed by atoms with Gasteiger partial charge in [-0.1, -0.05) is 5.21 Å². The lowest BCUT2D eigenvalue weighted by Gasteiger charge is -2.45. The number of amides is 3. The molecule has 1 saturated heterocycles. The first-order valence-corrected chi connectivity index (χ1v) is 13.8. The van der Waals surface area contributed by atoms with Crippen molar-refractivity contribution in [1.29, 1.82) is 0 Å². The van der Waals surface area contributed by atoms with Crippen molar-refractivity contribution in [3.05, 3.63) is 11.9 Å². The van der Waals surface area contributed by atoms with Crippen LogP contribution in [0.1, 0.15) is 31.9 Å². The Morgan fingerprint density at radius 3 is 2.50 bits per heavy atom. The zero-order valence-electron chi connectivity index (χ0n) is 23.4. The van der Waals surface area contributed by atoms with E-state index >= 15 is 0 Å². The Balaban J connectivity index is 1.45. The molecule has 0 bridgehead atoms. The molecule has 0 radical (unpaired) electrons. The van der Waals surface area contributed by atoms with Gasteiger partial charge >= 0.3 is 0 Å². The van der Waals surface area contributed by atoms with Gasteiger partial charge in [-0.25, -0.2) is 0 Å². The monoisotopic (exact) mass is 601 g/mol. The van der Waals surface area contributed by atoms with E-state index in [0.29, 0.717) is 25.2 Å². The maximum absolute atomic E-state index is 12.5. The van der Waals surface area contributed by atoms with E-state index in [1.165, 1.54) is 11.8 Å². The van der Waals surface area contributed by atoms with Crippen LogP contribution in [0.5, 0.6) is 0 Å². The summed E-state index contributed by atoms with van der Waals surface area (Å²) in [6.07, 6.45) is -6.44. The van der Waals surface area contributed by atoms with Gasteiger partial charge in [0.2, 0.25) is 17.7 Å². The molecular formula is C24H43N9O9. The number of aliphatic hydroxyl groups is 4. The van der Waals surface area contributed by atoms with Crippen LogP contribution < -0.4 is 28.3 Å². The summed E-state index contributed by atoms with van der Waals surface area (Å²) in [6, 6.07) is -2.68. The quantitative estimate of drug-likeness (QED) is 0.102. The van der Waals surface area contributed by atoms with Gasteiger partial charge in [-0.2, -0.15) is 0 Å². The minimum atomic E-state index is -1.47. The first-order valence-electron chi connectivity index (χ1n) is 13.8. The standard InChI is InChI=1S/C24H43N9O9/c1-11(34)32(10-16(27)35)5-2-6-33-9-12(30-31-33)3-4-17(36)29-8-15-20(38)21(39)18(28)24(41-15)42-23-14(26)7-13(25)19(37)22(23)40/h9,13-15,18-24,37-40H,2-8,10,25-26,28H2,1H3,(H2,27,35)(H,29,36). The normalized spacial score (nSPS) is 33.2. The minimum Gasteiger partial charge on any atom is -0.389 e. The zero-order chi connectivity index (χ0) is 31.1. The zero-order valence-corrected chi connectivity index (χ0v) is 23.4. The van der Waals surface area contributed by atoms with Crippen LogP contribution in [-0.2, 0) is 36.8 Å². The van der Waals surface area contributed by atoms with Crippen LogP contribution in [0.15, 0.2) is 6.20 Å². The SMILES string of the molecule is CC(=O)N(CCCn1cc(CCC(=O)NCC2OC(OC3C(N)CC(N)C(O)C3O)C(N)C(O)C2O)nn1)CC(N)=O. The predicted molar refractivity (Wildman–Crippen MR) is 144 cm³/mol. The number of ether oxygens (including phenoxy) is 2. The molecule has 2 aliphatic rings. The van der Waals surface area contributed by atoms with Gasteiger partial charge in [0.15, 0.2) is 6.29 Å². The van der Waals surface area contributed by atoms with Crippen molar-refractivity contribution in [3.8, 4) is 0 Å². The lowest BCUT2D eigenvalue weighted by atomic mass is 9.84. The van der Waals surface area contributed by atoms with Gasteiger partial charge in [0.05, 0.1) is 24.4 Å². The highest BCUT2D eigenvalue weighted by atomic mass is 16.7. The van der Waals surface area contributed by atoms with Crippen molar-refractivity contribution in [2.45, 2.75) is 100 Å². The van der Waals surface area contributed by atoms with Crippen molar-refractivity contribution in [1.82, 2.24) is 25.2 Å². The van der Waals surface area contributed by atoms with Crippen molar-refractivity contribution >= 4 is 17.7 Å². The highest BCUT2D eigenvalue weighted by molar-refractivity contribution is 5.82. The van der Waals surface area contributed by atoms with Gasteiger partial charge in [-0.3, -0.25) is 19.1 Å². The number of aryl methyl sites for hydroxylation is 2. The third-order valence-corrected chi connectivity index (χ3v) is 7.43. The number of primary amides is 1. The van der Waals surface area contributed by atoms with Crippen LogP contribution in [0.3, 0.4) is 0 Å². The van der Waals surface area contributed by atoms with E-state index in [1.807, 2.05) is 0 Å². The number of aliphatic hydroxyl groups excluding tert-OH is 4. The van der Waals surface area contributed by atoms with Gasteiger partial charge in [-0.15, -0.1) is 5.10 Å². The number of carbonyl (C=O) groups is 3. The molecule has 0 aromatic carbocycles. The third-order valence-electron chi connectivity index (χ3n) is 7.43. The summed E-state index contributed by atoms with van der Waals surface area (Å²) in [5.74, 6) is -1.24. The van der Waals surface area contributed by atoms with Crippen molar-refractivity contribution in [3.63, 3.8) is 0 Å². The molecule has 42 heavy (non-hydrogen) atoms. The molecule has 1 saturated carbocycles. The molecule has 10 unspecified atom stereocenters. The third kappa shape index (κ3) is 8.85. The summed E-state index contributed by atoms with van der Waals surface area (Å²) in [5.41, 5.74) is 23.5. The summed E-state index contributed by atoms with van der Waals surface area (Å²) < 4.78 is 13.0. The van der Waals surface area contributed by atoms with E-state index in [1.54, 1.807) is 10.9 Å². The first kappa shape index (κ1) is 33.7. The molecule has 10 atom stereocenters. The Morgan fingerprint density at radius 2 is 1.83 bits per heavy atom. The molecule has 1 aliphatic carbocycles. The number of nitrogens with zero attached hydrogens (tertiary/aromatic N) is 4. The maximum Gasteiger partial charge on any atom is 0.237 e. The lowest BCUT2D eigenvalue weighted by molar-refractivity contribution is -0.288. The molecule has 18 nitrogen and oxygen atoms in total. The Labute approximate surface area is 242 Å². The number of carbonyl (C=O) groups excluding carboxylic acids is 3. The molecule has 0 spiro atoms. The Hall–Kier alpha value is -2.81. The molecule has 18 heteroatoms. The minimum absolute atomic E-state index is 0.0431. The molecule has 13 N–H and O–H groups in total. The summed E-state index contributed by atoms with van der Waals surface area (Å²) in [5, 5.41) is 52.1. The van der Waals surface area contributed by atoms with Gasteiger partial charge in [0.1, 0.15) is 30.5 Å². The van der Waals surface area contributed by atoms with Crippen LogP contribution in [0, 0.1) is 0 Å². The summed E-state index contributed by atoms with van der Waals surface area (Å²) in [6.45, 7) is 1.77. The highest BCUT2D eigenvalue weighted by Gasteiger charge is 2.48. The Morgan fingerprint density at radius 1 is 1.12 bits per heavy atom. The smallest absolute Gasteiger partial charge is 0.237 e. The van der Waals surface area contributed by atoms with Crippen LogP contribution >= 0.6 is 0 Å². The van der Waals surface area contributed by atoms with E-state index in [-0.39, 0.29) is 44.2 Å².